The van der Waals surface area contributed by atoms with Crippen LogP contribution in [0, 0.1) is 24.0 Å². The van der Waals surface area contributed by atoms with Gasteiger partial charge in [0.25, 0.3) is 5.91 Å². The minimum atomic E-state index is -0.943. The van der Waals surface area contributed by atoms with E-state index in [0.717, 1.165) is 16.7 Å². The first kappa shape index (κ1) is 29.0. The van der Waals surface area contributed by atoms with Crippen molar-refractivity contribution in [1.82, 2.24) is 14.8 Å². The van der Waals surface area contributed by atoms with Crippen LogP contribution in [0.15, 0.2) is 71.0 Å². The van der Waals surface area contributed by atoms with Crippen molar-refractivity contribution in [3.8, 4) is 11.5 Å². The fraction of sp³-hybridized carbons (Fsp3) is 0.207. The molecule has 216 valence electrons. The normalized spacial score (nSPS) is 14.3. The lowest BCUT2D eigenvalue weighted by Gasteiger charge is -2.29. The lowest BCUT2D eigenvalue weighted by Crippen LogP contribution is -2.31. The fourth-order valence-electron chi connectivity index (χ4n) is 4.70. The summed E-state index contributed by atoms with van der Waals surface area (Å²) in [5.74, 6) is -0.313. The molecule has 0 radical (unpaired) electrons. The number of aromatic hydroxyl groups is 1. The number of phenols is 1. The van der Waals surface area contributed by atoms with Crippen LogP contribution in [0.3, 0.4) is 0 Å². The van der Waals surface area contributed by atoms with E-state index in [1.165, 1.54) is 35.7 Å². The molecule has 4 aromatic rings. The van der Waals surface area contributed by atoms with Crippen LogP contribution >= 0.6 is 23.4 Å². The van der Waals surface area contributed by atoms with Gasteiger partial charge in [-0.3, -0.25) is 14.9 Å². The molecule has 1 unspecified atom stereocenters. The number of anilines is 2. The highest BCUT2D eigenvalue weighted by molar-refractivity contribution is 7.98. The van der Waals surface area contributed by atoms with Crippen LogP contribution in [0.4, 0.5) is 17.3 Å². The zero-order chi connectivity index (χ0) is 30.1. The third-order valence-corrected chi connectivity index (χ3v) is 8.31. The van der Waals surface area contributed by atoms with E-state index >= 15 is 0 Å². The number of nitro groups is 1. The summed E-state index contributed by atoms with van der Waals surface area (Å²) in [7, 11) is 1.30. The van der Waals surface area contributed by atoms with Gasteiger partial charge in [-0.05, 0) is 61.2 Å². The third-order valence-electron chi connectivity index (χ3n) is 7.05. The van der Waals surface area contributed by atoms with Gasteiger partial charge in [-0.25, -0.2) is 4.68 Å². The Balaban J connectivity index is 1.60. The number of phenolic OH excluding ortho intramolecular Hbond substituents is 1. The first-order valence-corrected chi connectivity index (χ1v) is 14.2. The SMILES string of the molecule is COc1cc(C2C(C(=O)Nc3cccc(C)c3C)=C(C)Nc3nc(SCc4ccccc4Cl)nn32)cc([N+](=O)[O-])c1O. The number of carbonyl (C=O) groups excluding carboxylic acids is 1. The Morgan fingerprint density at radius 2 is 1.98 bits per heavy atom. The molecule has 1 aromatic heterocycles. The molecular weight excluding hydrogens is 580 g/mol. The van der Waals surface area contributed by atoms with Gasteiger partial charge in [0.05, 0.1) is 17.6 Å². The number of rotatable bonds is 8. The maximum Gasteiger partial charge on any atom is 0.315 e. The van der Waals surface area contributed by atoms with Crippen LogP contribution in [0.2, 0.25) is 5.02 Å². The summed E-state index contributed by atoms with van der Waals surface area (Å²) in [6.07, 6.45) is 0. The Labute approximate surface area is 250 Å². The lowest BCUT2D eigenvalue weighted by atomic mass is 9.94. The lowest BCUT2D eigenvalue weighted by molar-refractivity contribution is -0.386. The van der Waals surface area contributed by atoms with Crippen LogP contribution in [0.1, 0.15) is 35.2 Å². The highest BCUT2D eigenvalue weighted by Crippen LogP contribution is 2.43. The van der Waals surface area contributed by atoms with Crippen LogP contribution in [-0.4, -0.2) is 37.8 Å². The number of carbonyl (C=O) groups is 1. The van der Waals surface area contributed by atoms with E-state index in [9.17, 15) is 20.0 Å². The molecule has 13 heteroatoms. The van der Waals surface area contributed by atoms with Crippen molar-refractivity contribution in [2.24, 2.45) is 0 Å². The summed E-state index contributed by atoms with van der Waals surface area (Å²) in [6.45, 7) is 5.59. The predicted octanol–water partition coefficient (Wildman–Crippen LogP) is 6.39. The number of fused-ring (bicyclic) bond motifs is 1. The number of nitrogens with zero attached hydrogens (tertiary/aromatic N) is 4. The molecule has 0 aliphatic carbocycles. The molecule has 11 nitrogen and oxygen atoms in total. The molecular formula is C29H27ClN6O5S. The molecule has 0 saturated carbocycles. The van der Waals surface area contributed by atoms with Crippen LogP contribution in [0.5, 0.6) is 11.5 Å². The molecule has 1 aliphatic heterocycles. The van der Waals surface area contributed by atoms with E-state index in [-0.39, 0.29) is 11.3 Å². The van der Waals surface area contributed by atoms with E-state index in [2.05, 4.69) is 20.7 Å². The maximum absolute atomic E-state index is 13.9. The summed E-state index contributed by atoms with van der Waals surface area (Å²) in [4.78, 5) is 29.7. The molecule has 2 heterocycles. The molecule has 0 saturated heterocycles. The van der Waals surface area contributed by atoms with Crippen molar-refractivity contribution in [1.29, 1.82) is 0 Å². The average molecular weight is 607 g/mol. The number of nitro benzene ring substituents is 1. The fourth-order valence-corrected chi connectivity index (χ4v) is 5.81. The van der Waals surface area contributed by atoms with Gasteiger partial charge in [0.1, 0.15) is 6.04 Å². The van der Waals surface area contributed by atoms with Gasteiger partial charge in [-0.15, -0.1) is 5.10 Å². The van der Waals surface area contributed by atoms with Gasteiger partial charge in [0.2, 0.25) is 16.9 Å². The largest absolute Gasteiger partial charge is 0.500 e. The molecule has 1 atom stereocenters. The van der Waals surface area contributed by atoms with Gasteiger partial charge in [-0.1, -0.05) is 53.7 Å². The zero-order valence-corrected chi connectivity index (χ0v) is 24.7. The van der Waals surface area contributed by atoms with Crippen molar-refractivity contribution in [2.45, 2.75) is 37.7 Å². The molecule has 5 rings (SSSR count). The Hall–Kier alpha value is -4.55. The smallest absolute Gasteiger partial charge is 0.315 e. The summed E-state index contributed by atoms with van der Waals surface area (Å²) in [5, 5.41) is 34.2. The van der Waals surface area contributed by atoms with Crippen LogP contribution in [0.25, 0.3) is 0 Å². The number of allylic oxidation sites excluding steroid dienone is 1. The Kier molecular flexibility index (Phi) is 8.10. The number of ether oxygens (including phenoxy) is 1. The van der Waals surface area contributed by atoms with Crippen molar-refractivity contribution in [3.63, 3.8) is 0 Å². The Morgan fingerprint density at radius 1 is 1.21 bits per heavy atom. The topological polar surface area (TPSA) is 144 Å². The van der Waals surface area contributed by atoms with Crippen molar-refractivity contribution in [2.75, 3.05) is 17.7 Å². The first-order valence-electron chi connectivity index (χ1n) is 12.8. The quantitative estimate of drug-likeness (QED) is 0.118. The number of benzene rings is 3. The van der Waals surface area contributed by atoms with Crippen molar-refractivity contribution >= 4 is 46.6 Å². The van der Waals surface area contributed by atoms with Crippen LogP contribution < -0.4 is 15.4 Å². The first-order chi connectivity index (χ1) is 20.1. The highest BCUT2D eigenvalue weighted by Gasteiger charge is 2.36. The number of aromatic nitrogens is 3. The van der Waals surface area contributed by atoms with Crippen molar-refractivity contribution in [3.05, 3.63) is 103 Å². The van der Waals surface area contributed by atoms with E-state index in [4.69, 9.17) is 16.3 Å². The number of thioether (sulfide) groups is 1. The number of halogens is 1. The molecule has 3 aromatic carbocycles. The number of nitrogens with one attached hydrogen (secondary N) is 2. The second kappa shape index (κ2) is 11.7. The standard InChI is InChI=1S/C29H27ClN6O5S/c1-15-8-7-11-21(16(15)2)32-27(38)24-17(3)31-28-33-29(42-14-18-9-5-6-10-20(18)30)34-35(28)25(24)19-12-22(36(39)40)26(37)23(13-19)41-4/h5-13,25,37H,14H2,1-4H3,(H,32,38)(H,31,33,34). The van der Waals surface area contributed by atoms with E-state index < -0.39 is 28.3 Å². The van der Waals surface area contributed by atoms with Gasteiger partial charge in [0, 0.05) is 28.2 Å². The van der Waals surface area contributed by atoms with Gasteiger partial charge >= 0.3 is 5.69 Å². The number of aryl methyl sites for hydroxylation is 1. The number of methoxy groups -OCH3 is 1. The molecule has 3 N–H and O–H groups in total. The zero-order valence-electron chi connectivity index (χ0n) is 23.1. The van der Waals surface area contributed by atoms with Gasteiger partial charge in [0.15, 0.2) is 5.75 Å². The minimum Gasteiger partial charge on any atom is -0.500 e. The van der Waals surface area contributed by atoms with Gasteiger partial charge < -0.3 is 20.5 Å². The predicted molar refractivity (Wildman–Crippen MR) is 161 cm³/mol. The second-order valence-corrected chi connectivity index (χ2v) is 11.0. The van der Waals surface area contributed by atoms with E-state index in [0.29, 0.717) is 38.8 Å². The maximum atomic E-state index is 13.9. The minimum absolute atomic E-state index is 0.111. The molecule has 42 heavy (non-hydrogen) atoms. The summed E-state index contributed by atoms with van der Waals surface area (Å²) in [6, 6.07) is 14.8. The number of hydrogen-bond donors (Lipinski definition) is 3. The number of amides is 1. The summed E-state index contributed by atoms with van der Waals surface area (Å²) >= 11 is 7.68. The molecule has 0 bridgehead atoms. The molecule has 1 amide bonds. The third kappa shape index (κ3) is 5.50. The average Bonchev–Trinajstić information content (AvgIpc) is 3.36. The van der Waals surface area contributed by atoms with Crippen molar-refractivity contribution < 1.29 is 19.6 Å². The Bertz CT molecular complexity index is 1750. The van der Waals surface area contributed by atoms with Crippen LogP contribution in [-0.2, 0) is 10.5 Å². The number of hydrogen-bond acceptors (Lipinski definition) is 9. The summed E-state index contributed by atoms with van der Waals surface area (Å²) < 4.78 is 6.77. The second-order valence-electron chi connectivity index (χ2n) is 9.66. The van der Waals surface area contributed by atoms with E-state index in [1.807, 2.05) is 44.2 Å². The van der Waals surface area contributed by atoms with E-state index in [1.54, 1.807) is 19.1 Å². The monoisotopic (exact) mass is 606 g/mol. The Morgan fingerprint density at radius 3 is 2.69 bits per heavy atom. The molecule has 1 aliphatic rings. The highest BCUT2D eigenvalue weighted by atomic mass is 35.5. The summed E-state index contributed by atoms with van der Waals surface area (Å²) in [5.41, 5.74) is 3.94. The van der Waals surface area contributed by atoms with Gasteiger partial charge in [-0.2, -0.15) is 4.98 Å². The molecule has 0 spiro atoms. The molecule has 0 fully saturated rings.